The quantitative estimate of drug-likeness (QED) is 0.795. The second kappa shape index (κ2) is 5.14. The van der Waals surface area contributed by atoms with Crippen molar-refractivity contribution in [3.63, 3.8) is 0 Å². The van der Waals surface area contributed by atoms with Crippen LogP contribution in [0.2, 0.25) is 0 Å². The van der Waals surface area contributed by atoms with E-state index in [2.05, 4.69) is 13.8 Å². The number of ether oxygens (including phenoxy) is 1. The summed E-state index contributed by atoms with van der Waals surface area (Å²) in [6.07, 6.45) is -0.652. The Balaban J connectivity index is 3.09. The third kappa shape index (κ3) is 2.70. The number of rotatable bonds is 4. The number of aliphatic hydroxyl groups is 1. The molecule has 1 aromatic carbocycles. The minimum Gasteiger partial charge on any atom is -0.496 e. The maximum absolute atomic E-state index is 9.67. The van der Waals surface area contributed by atoms with E-state index in [0.29, 0.717) is 11.7 Å². The fraction of sp³-hybridized carbons (Fsp3) is 0.500. The molecule has 1 rings (SSSR count). The van der Waals surface area contributed by atoms with Crippen molar-refractivity contribution in [3.8, 4) is 5.75 Å². The fourth-order valence-corrected chi connectivity index (χ4v) is 1.49. The van der Waals surface area contributed by atoms with E-state index in [0.717, 1.165) is 5.56 Å². The van der Waals surface area contributed by atoms with Gasteiger partial charge < -0.3 is 15.6 Å². The molecule has 0 aromatic heterocycles. The van der Waals surface area contributed by atoms with E-state index in [1.54, 1.807) is 7.11 Å². The van der Waals surface area contributed by atoms with Gasteiger partial charge in [-0.15, -0.1) is 0 Å². The van der Waals surface area contributed by atoms with E-state index in [9.17, 15) is 5.11 Å². The van der Waals surface area contributed by atoms with Gasteiger partial charge in [-0.3, -0.25) is 0 Å². The van der Waals surface area contributed by atoms with Crippen molar-refractivity contribution in [3.05, 3.63) is 29.3 Å². The number of benzene rings is 1. The molecule has 15 heavy (non-hydrogen) atoms. The lowest BCUT2D eigenvalue weighted by atomic mass is 9.99. The fourth-order valence-electron chi connectivity index (χ4n) is 1.49. The Labute approximate surface area is 90.9 Å². The van der Waals surface area contributed by atoms with Gasteiger partial charge in [-0.05, 0) is 17.5 Å². The van der Waals surface area contributed by atoms with E-state index >= 15 is 0 Å². The van der Waals surface area contributed by atoms with Gasteiger partial charge in [0.05, 0.1) is 13.2 Å². The van der Waals surface area contributed by atoms with Gasteiger partial charge in [0.25, 0.3) is 0 Å². The minimum absolute atomic E-state index is 0.206. The van der Waals surface area contributed by atoms with Gasteiger partial charge in [0, 0.05) is 12.1 Å². The minimum atomic E-state index is -0.652. The molecule has 1 unspecified atom stereocenters. The molecule has 0 fully saturated rings. The summed E-state index contributed by atoms with van der Waals surface area (Å²) in [7, 11) is 1.60. The topological polar surface area (TPSA) is 55.5 Å². The molecule has 84 valence electrons. The maximum atomic E-state index is 9.67. The Hall–Kier alpha value is -1.06. The Morgan fingerprint density at radius 3 is 2.53 bits per heavy atom. The molecule has 0 amide bonds. The summed E-state index contributed by atoms with van der Waals surface area (Å²) < 4.78 is 5.24. The van der Waals surface area contributed by atoms with Gasteiger partial charge in [0.1, 0.15) is 5.75 Å². The zero-order valence-electron chi connectivity index (χ0n) is 9.53. The van der Waals surface area contributed by atoms with Gasteiger partial charge in [0.15, 0.2) is 0 Å². The van der Waals surface area contributed by atoms with Crippen LogP contribution in [0, 0.1) is 0 Å². The molecule has 0 spiro atoms. The van der Waals surface area contributed by atoms with Crippen LogP contribution in [-0.2, 0) is 0 Å². The molecule has 3 heteroatoms. The van der Waals surface area contributed by atoms with Crippen molar-refractivity contribution in [1.29, 1.82) is 0 Å². The molecule has 0 saturated carbocycles. The van der Waals surface area contributed by atoms with Gasteiger partial charge in [-0.25, -0.2) is 0 Å². The molecule has 3 N–H and O–H groups in total. The van der Waals surface area contributed by atoms with Crippen molar-refractivity contribution in [2.24, 2.45) is 5.73 Å². The third-order valence-corrected chi connectivity index (χ3v) is 2.51. The van der Waals surface area contributed by atoms with Gasteiger partial charge in [-0.1, -0.05) is 26.0 Å². The molecule has 0 heterocycles. The zero-order valence-corrected chi connectivity index (χ0v) is 9.53. The van der Waals surface area contributed by atoms with Crippen molar-refractivity contribution >= 4 is 0 Å². The lowest BCUT2D eigenvalue weighted by Crippen LogP contribution is -2.12. The summed E-state index contributed by atoms with van der Waals surface area (Å²) in [5.74, 6) is 1.15. The molecule has 1 atom stereocenters. The predicted molar refractivity (Wildman–Crippen MR) is 61.1 cm³/mol. The molecule has 3 nitrogen and oxygen atoms in total. The van der Waals surface area contributed by atoms with Crippen molar-refractivity contribution in [2.75, 3.05) is 13.7 Å². The summed E-state index contributed by atoms with van der Waals surface area (Å²) in [5.41, 5.74) is 7.37. The number of methoxy groups -OCH3 is 1. The molecule has 0 aliphatic carbocycles. The SMILES string of the molecule is COc1cc(C(C)C)ccc1C(O)CN. The zero-order chi connectivity index (χ0) is 11.4. The normalized spacial score (nSPS) is 12.9. The Bertz CT molecular complexity index is 323. The first kappa shape index (κ1) is 12.0. The van der Waals surface area contributed by atoms with Crippen LogP contribution in [0.25, 0.3) is 0 Å². The van der Waals surface area contributed by atoms with Gasteiger partial charge >= 0.3 is 0 Å². The van der Waals surface area contributed by atoms with E-state index in [1.807, 2.05) is 18.2 Å². The maximum Gasteiger partial charge on any atom is 0.124 e. The van der Waals surface area contributed by atoms with Crippen LogP contribution >= 0.6 is 0 Å². The smallest absolute Gasteiger partial charge is 0.124 e. The summed E-state index contributed by atoms with van der Waals surface area (Å²) >= 11 is 0. The van der Waals surface area contributed by atoms with E-state index in [4.69, 9.17) is 10.5 Å². The first-order chi connectivity index (χ1) is 7.10. The van der Waals surface area contributed by atoms with Gasteiger partial charge in [0.2, 0.25) is 0 Å². The van der Waals surface area contributed by atoms with Crippen LogP contribution in [0.1, 0.15) is 37.0 Å². The van der Waals surface area contributed by atoms with E-state index in [-0.39, 0.29) is 6.54 Å². The third-order valence-electron chi connectivity index (χ3n) is 2.51. The summed E-state index contributed by atoms with van der Waals surface area (Å²) in [6, 6.07) is 5.84. The van der Waals surface area contributed by atoms with Crippen LogP contribution in [0.15, 0.2) is 18.2 Å². The number of nitrogens with two attached hydrogens (primary N) is 1. The standard InChI is InChI=1S/C12H19NO2/c1-8(2)9-4-5-10(11(14)7-13)12(6-9)15-3/h4-6,8,11,14H,7,13H2,1-3H3. The Kier molecular flexibility index (Phi) is 4.12. The average molecular weight is 209 g/mol. The van der Waals surface area contributed by atoms with Crippen LogP contribution in [0.4, 0.5) is 0 Å². The summed E-state index contributed by atoms with van der Waals surface area (Å²) in [6.45, 7) is 4.44. The highest BCUT2D eigenvalue weighted by atomic mass is 16.5. The lowest BCUT2D eigenvalue weighted by Gasteiger charge is -2.15. The van der Waals surface area contributed by atoms with E-state index in [1.165, 1.54) is 5.56 Å². The first-order valence-corrected chi connectivity index (χ1v) is 5.16. The van der Waals surface area contributed by atoms with Crippen molar-refractivity contribution in [2.45, 2.75) is 25.9 Å². The predicted octanol–water partition coefficient (Wildman–Crippen LogP) is 1.81. The molecular formula is C12H19NO2. The Morgan fingerprint density at radius 2 is 2.07 bits per heavy atom. The van der Waals surface area contributed by atoms with Crippen LogP contribution in [-0.4, -0.2) is 18.8 Å². The molecule has 0 aliphatic heterocycles. The van der Waals surface area contributed by atoms with Crippen LogP contribution < -0.4 is 10.5 Å². The van der Waals surface area contributed by atoms with Crippen LogP contribution in [0.5, 0.6) is 5.75 Å². The summed E-state index contributed by atoms with van der Waals surface area (Å²) in [4.78, 5) is 0. The highest BCUT2D eigenvalue weighted by Crippen LogP contribution is 2.28. The highest BCUT2D eigenvalue weighted by Gasteiger charge is 2.12. The van der Waals surface area contributed by atoms with Crippen LogP contribution in [0.3, 0.4) is 0 Å². The van der Waals surface area contributed by atoms with Crippen molar-refractivity contribution < 1.29 is 9.84 Å². The largest absolute Gasteiger partial charge is 0.496 e. The molecule has 0 radical (unpaired) electrons. The molecular weight excluding hydrogens is 190 g/mol. The Morgan fingerprint density at radius 1 is 1.40 bits per heavy atom. The lowest BCUT2D eigenvalue weighted by molar-refractivity contribution is 0.182. The molecule has 0 aliphatic rings. The summed E-state index contributed by atoms with van der Waals surface area (Å²) in [5, 5.41) is 9.67. The second-order valence-electron chi connectivity index (χ2n) is 3.91. The number of aliphatic hydroxyl groups excluding tert-OH is 1. The highest BCUT2D eigenvalue weighted by molar-refractivity contribution is 5.40. The monoisotopic (exact) mass is 209 g/mol. The second-order valence-corrected chi connectivity index (χ2v) is 3.91. The average Bonchev–Trinajstić information content (AvgIpc) is 2.27. The molecule has 1 aromatic rings. The number of hydrogen-bond acceptors (Lipinski definition) is 3. The number of hydrogen-bond donors (Lipinski definition) is 2. The van der Waals surface area contributed by atoms with Gasteiger partial charge in [-0.2, -0.15) is 0 Å². The van der Waals surface area contributed by atoms with Crippen molar-refractivity contribution in [1.82, 2.24) is 0 Å². The molecule has 0 bridgehead atoms. The first-order valence-electron chi connectivity index (χ1n) is 5.16. The van der Waals surface area contributed by atoms with E-state index < -0.39 is 6.10 Å². The molecule has 0 saturated heterocycles.